The lowest BCUT2D eigenvalue weighted by atomic mass is 10.1. The number of carbonyl (C=O) groups excluding carboxylic acids is 1. The largest absolute Gasteiger partial charge is 0.337 e. The number of fused-ring (bicyclic) bond motifs is 1. The fraction of sp³-hybridized carbons (Fsp3) is 0.444. The lowest BCUT2D eigenvalue weighted by Gasteiger charge is -2.27. The van der Waals surface area contributed by atoms with Crippen molar-refractivity contribution in [3.8, 4) is 0 Å². The number of likely N-dealkylation sites (tertiary alicyclic amines) is 1. The molecule has 0 bridgehead atoms. The van der Waals surface area contributed by atoms with E-state index in [0.717, 1.165) is 32.4 Å². The molecular weight excluding hydrogens is 306 g/mol. The quantitative estimate of drug-likeness (QED) is 0.870. The lowest BCUT2D eigenvalue weighted by Crippen LogP contribution is -2.42. The molecule has 2 atom stereocenters. The lowest BCUT2D eigenvalue weighted by molar-refractivity contribution is -0.131. The van der Waals surface area contributed by atoms with Gasteiger partial charge in [0, 0.05) is 17.6 Å². The molecule has 2 aliphatic rings. The summed E-state index contributed by atoms with van der Waals surface area (Å²) < 4.78 is 1.97. The Hall–Kier alpha value is -1.75. The number of hydrogen-bond donors (Lipinski definition) is 0. The molecule has 5 heteroatoms. The molecule has 0 N–H and O–H groups in total. The molecule has 3 heterocycles. The summed E-state index contributed by atoms with van der Waals surface area (Å²) in [5.41, 5.74) is 2.48. The number of thioether (sulfide) groups is 1. The van der Waals surface area contributed by atoms with Gasteiger partial charge in [0.1, 0.15) is 0 Å². The van der Waals surface area contributed by atoms with E-state index >= 15 is 0 Å². The highest BCUT2D eigenvalue weighted by Gasteiger charge is 2.36. The summed E-state index contributed by atoms with van der Waals surface area (Å²) in [6, 6.07) is 8.67. The van der Waals surface area contributed by atoms with Crippen molar-refractivity contribution < 1.29 is 4.79 Å². The number of rotatable bonds is 3. The van der Waals surface area contributed by atoms with E-state index in [-0.39, 0.29) is 11.3 Å². The molecule has 0 aliphatic carbocycles. The third kappa shape index (κ3) is 2.90. The number of aryl methyl sites for hydroxylation is 1. The zero-order valence-electron chi connectivity index (χ0n) is 13.3. The SMILES string of the molecule is Cc1cnn(C[C@@H]2CCCN2C(=O)[C@H]2Cc3ccccc3S2)c1. The summed E-state index contributed by atoms with van der Waals surface area (Å²) in [5, 5.41) is 4.42. The van der Waals surface area contributed by atoms with E-state index in [0.29, 0.717) is 5.91 Å². The molecule has 0 radical (unpaired) electrons. The highest BCUT2D eigenvalue weighted by atomic mass is 32.2. The van der Waals surface area contributed by atoms with Crippen LogP contribution in [0.5, 0.6) is 0 Å². The fourth-order valence-corrected chi connectivity index (χ4v) is 4.87. The van der Waals surface area contributed by atoms with Gasteiger partial charge in [-0.1, -0.05) is 18.2 Å². The van der Waals surface area contributed by atoms with Crippen LogP contribution in [0.25, 0.3) is 0 Å². The third-order valence-corrected chi connectivity index (χ3v) is 6.05. The number of amides is 1. The van der Waals surface area contributed by atoms with Crippen LogP contribution in [0.1, 0.15) is 24.0 Å². The first kappa shape index (κ1) is 14.8. The number of nitrogens with zero attached hydrogens (tertiary/aromatic N) is 3. The maximum atomic E-state index is 13.0. The molecule has 2 aliphatic heterocycles. The van der Waals surface area contributed by atoms with Crippen LogP contribution in [0.2, 0.25) is 0 Å². The zero-order chi connectivity index (χ0) is 15.8. The first-order valence-electron chi connectivity index (χ1n) is 8.25. The van der Waals surface area contributed by atoms with Gasteiger partial charge in [0.05, 0.1) is 24.0 Å². The number of benzene rings is 1. The van der Waals surface area contributed by atoms with Crippen LogP contribution in [-0.4, -0.2) is 38.4 Å². The van der Waals surface area contributed by atoms with Gasteiger partial charge in [0.2, 0.25) is 5.91 Å². The average molecular weight is 327 g/mol. The van der Waals surface area contributed by atoms with Gasteiger partial charge >= 0.3 is 0 Å². The van der Waals surface area contributed by atoms with Crippen LogP contribution in [-0.2, 0) is 17.8 Å². The summed E-state index contributed by atoms with van der Waals surface area (Å²) >= 11 is 1.73. The van der Waals surface area contributed by atoms with Crippen LogP contribution < -0.4 is 0 Å². The van der Waals surface area contributed by atoms with Crippen LogP contribution in [0.4, 0.5) is 0 Å². The van der Waals surface area contributed by atoms with Crippen molar-refractivity contribution in [2.24, 2.45) is 0 Å². The Labute approximate surface area is 140 Å². The molecule has 4 nitrogen and oxygen atoms in total. The monoisotopic (exact) mass is 327 g/mol. The molecule has 4 rings (SSSR count). The van der Waals surface area contributed by atoms with Gasteiger partial charge in [-0.05, 0) is 43.4 Å². The van der Waals surface area contributed by atoms with Gasteiger partial charge in [0.25, 0.3) is 0 Å². The van der Waals surface area contributed by atoms with Crippen molar-refractivity contribution >= 4 is 17.7 Å². The van der Waals surface area contributed by atoms with Crippen LogP contribution in [0, 0.1) is 6.92 Å². The number of aromatic nitrogens is 2. The second-order valence-corrected chi connectivity index (χ2v) is 7.73. The van der Waals surface area contributed by atoms with Crippen molar-refractivity contribution in [2.75, 3.05) is 6.54 Å². The smallest absolute Gasteiger partial charge is 0.236 e. The third-order valence-electron chi connectivity index (χ3n) is 4.74. The summed E-state index contributed by atoms with van der Waals surface area (Å²) in [5.74, 6) is 0.303. The Balaban J connectivity index is 1.45. The molecule has 120 valence electrons. The molecule has 0 unspecified atom stereocenters. The predicted molar refractivity (Wildman–Crippen MR) is 91.5 cm³/mol. The number of carbonyl (C=O) groups is 1. The molecule has 0 saturated carbocycles. The first-order chi connectivity index (χ1) is 11.2. The van der Waals surface area contributed by atoms with Crippen molar-refractivity contribution in [1.29, 1.82) is 0 Å². The van der Waals surface area contributed by atoms with E-state index in [1.165, 1.54) is 16.0 Å². The second-order valence-electron chi connectivity index (χ2n) is 6.49. The van der Waals surface area contributed by atoms with Crippen molar-refractivity contribution in [3.63, 3.8) is 0 Å². The summed E-state index contributed by atoms with van der Waals surface area (Å²) in [6.07, 6.45) is 6.98. The maximum absolute atomic E-state index is 13.0. The van der Waals surface area contributed by atoms with Gasteiger partial charge in [-0.15, -0.1) is 11.8 Å². The maximum Gasteiger partial charge on any atom is 0.236 e. The van der Waals surface area contributed by atoms with Gasteiger partial charge in [-0.3, -0.25) is 9.48 Å². The Morgan fingerprint density at radius 1 is 1.39 bits per heavy atom. The Kier molecular flexibility index (Phi) is 3.89. The van der Waals surface area contributed by atoms with Crippen LogP contribution in [0.15, 0.2) is 41.6 Å². The molecule has 1 aromatic heterocycles. The van der Waals surface area contributed by atoms with Crippen LogP contribution >= 0.6 is 11.8 Å². The summed E-state index contributed by atoms with van der Waals surface area (Å²) in [6.45, 7) is 3.74. The summed E-state index contributed by atoms with van der Waals surface area (Å²) in [4.78, 5) is 16.4. The Morgan fingerprint density at radius 2 is 2.26 bits per heavy atom. The Morgan fingerprint density at radius 3 is 3.04 bits per heavy atom. The van der Waals surface area contributed by atoms with Crippen molar-refractivity contribution in [3.05, 3.63) is 47.8 Å². The van der Waals surface area contributed by atoms with Gasteiger partial charge in [0.15, 0.2) is 0 Å². The molecule has 1 aromatic carbocycles. The molecule has 23 heavy (non-hydrogen) atoms. The zero-order valence-corrected chi connectivity index (χ0v) is 14.1. The highest BCUT2D eigenvalue weighted by molar-refractivity contribution is 8.01. The molecule has 1 fully saturated rings. The predicted octanol–water partition coefficient (Wildman–Crippen LogP) is 2.90. The van der Waals surface area contributed by atoms with E-state index in [1.807, 2.05) is 17.8 Å². The molecule has 0 spiro atoms. The topological polar surface area (TPSA) is 38.1 Å². The normalized spacial score (nSPS) is 23.3. The van der Waals surface area contributed by atoms with Crippen molar-refractivity contribution in [2.45, 2.75) is 48.9 Å². The molecule has 2 aromatic rings. The van der Waals surface area contributed by atoms with E-state index in [9.17, 15) is 4.79 Å². The van der Waals surface area contributed by atoms with Crippen LogP contribution in [0.3, 0.4) is 0 Å². The Bertz CT molecular complexity index is 702. The van der Waals surface area contributed by atoms with Gasteiger partial charge in [-0.25, -0.2) is 0 Å². The van der Waals surface area contributed by atoms with Gasteiger partial charge < -0.3 is 4.90 Å². The van der Waals surface area contributed by atoms with E-state index in [1.54, 1.807) is 11.8 Å². The minimum atomic E-state index is 0.0485. The number of hydrogen-bond acceptors (Lipinski definition) is 3. The van der Waals surface area contributed by atoms with E-state index in [4.69, 9.17) is 0 Å². The summed E-state index contributed by atoms with van der Waals surface area (Å²) in [7, 11) is 0. The molecule has 1 amide bonds. The first-order valence-corrected chi connectivity index (χ1v) is 9.13. The molecular formula is C18H21N3OS. The fourth-order valence-electron chi connectivity index (χ4n) is 3.60. The van der Waals surface area contributed by atoms with E-state index in [2.05, 4.69) is 40.5 Å². The second kappa shape index (κ2) is 6.04. The minimum absolute atomic E-state index is 0.0485. The van der Waals surface area contributed by atoms with Crippen molar-refractivity contribution in [1.82, 2.24) is 14.7 Å². The van der Waals surface area contributed by atoms with Gasteiger partial charge in [-0.2, -0.15) is 5.10 Å². The standard InChI is InChI=1S/C18H21N3OS/c1-13-10-19-20(11-13)12-15-6-4-8-21(15)18(22)17-9-14-5-2-3-7-16(14)23-17/h2-3,5,7,10-11,15,17H,4,6,8-9,12H2,1H3/t15-,17+/m0/s1. The average Bonchev–Trinajstić information content (AvgIpc) is 3.26. The highest BCUT2D eigenvalue weighted by Crippen LogP contribution is 2.38. The van der Waals surface area contributed by atoms with E-state index < -0.39 is 0 Å². The minimum Gasteiger partial charge on any atom is -0.337 e. The molecule has 1 saturated heterocycles.